The first-order valence-corrected chi connectivity index (χ1v) is 11.7. The van der Waals surface area contributed by atoms with Crippen molar-refractivity contribution >= 4 is 17.7 Å². The monoisotopic (exact) mass is 444 g/mol. The number of alkyl halides is 1. The van der Waals surface area contributed by atoms with Gasteiger partial charge in [-0.25, -0.2) is 9.18 Å². The maximum atomic E-state index is 15.5. The average molecular weight is 444 g/mol. The van der Waals surface area contributed by atoms with Crippen LogP contribution in [0.1, 0.15) is 52.9 Å². The number of allylic oxidation sites excluding steroid dienone is 2. The maximum absolute atomic E-state index is 15.5. The molecule has 0 radical (unpaired) electrons. The van der Waals surface area contributed by atoms with Crippen LogP contribution in [0.15, 0.2) is 23.8 Å². The molecular weight excluding hydrogens is 415 g/mol. The minimum absolute atomic E-state index is 0.165. The normalized spacial score (nSPS) is 52.8. The Morgan fingerprint density at radius 2 is 1.94 bits per heavy atom. The molecule has 1 saturated heterocycles. The van der Waals surface area contributed by atoms with Crippen molar-refractivity contribution in [2.45, 2.75) is 76.4 Å². The molecule has 9 atom stereocenters. The van der Waals surface area contributed by atoms with E-state index in [9.17, 15) is 19.5 Å². The molecule has 6 rings (SSSR count). The second-order valence-electron chi connectivity index (χ2n) is 11.3. The first kappa shape index (κ1) is 20.6. The van der Waals surface area contributed by atoms with Crippen LogP contribution >= 0.6 is 0 Å². The summed E-state index contributed by atoms with van der Waals surface area (Å²) < 4.78 is 27.9. The van der Waals surface area contributed by atoms with Gasteiger partial charge in [-0.05, 0) is 68.6 Å². The third-order valence-corrected chi connectivity index (χ3v) is 9.95. The minimum atomic E-state index is -1.64. The molecule has 0 bridgehead atoms. The van der Waals surface area contributed by atoms with Gasteiger partial charge in [0.25, 0.3) is 0 Å². The smallest absolute Gasteiger partial charge is 0.349 e. The number of carboxylic acid groups (broad SMARTS) is 1. The lowest BCUT2D eigenvalue weighted by atomic mass is 9.46. The Morgan fingerprint density at radius 3 is 2.59 bits per heavy atom. The summed E-state index contributed by atoms with van der Waals surface area (Å²) in [5.74, 6) is -2.72. The van der Waals surface area contributed by atoms with E-state index in [1.54, 1.807) is 6.08 Å². The lowest BCUT2D eigenvalue weighted by Gasteiger charge is -2.56. The van der Waals surface area contributed by atoms with Gasteiger partial charge in [0.15, 0.2) is 5.78 Å². The van der Waals surface area contributed by atoms with Gasteiger partial charge in [0.05, 0.1) is 12.0 Å². The highest BCUT2D eigenvalue weighted by Crippen LogP contribution is 2.77. The third-order valence-electron chi connectivity index (χ3n) is 9.95. The number of esters is 1. The summed E-state index contributed by atoms with van der Waals surface area (Å²) in [4.78, 5) is 37.5. The van der Waals surface area contributed by atoms with E-state index in [2.05, 4.69) is 0 Å². The fourth-order valence-electron chi connectivity index (χ4n) is 8.24. The molecule has 32 heavy (non-hydrogen) atoms. The second-order valence-corrected chi connectivity index (χ2v) is 11.3. The average Bonchev–Trinajstić information content (AvgIpc) is 3.62. The van der Waals surface area contributed by atoms with Crippen LogP contribution in [0, 0.1) is 34.5 Å². The standard InChI is InChI=1S/C25H29FO6/c1-12-8-15-16-10-18(26)17-9-14(27)6-7-22(17,2)25(16)19(31-25)11-23(15,3)24(12,21(29)30)32-20(28)13-4-5-13/h6-7,9,12-13,15-16,18-19H,4-5,8,10-11H2,1-3H3,(H,29,30)/t12-,15?,16?,18-,19-,22-,23-,24-,25+/m0/s1. The number of carbonyl (C=O) groups is 3. The zero-order valence-corrected chi connectivity index (χ0v) is 18.6. The molecule has 1 spiro atoms. The zero-order valence-electron chi connectivity index (χ0n) is 18.6. The van der Waals surface area contributed by atoms with E-state index < -0.39 is 46.1 Å². The summed E-state index contributed by atoms with van der Waals surface area (Å²) >= 11 is 0. The van der Waals surface area contributed by atoms with Gasteiger partial charge in [0.1, 0.15) is 11.8 Å². The maximum Gasteiger partial charge on any atom is 0.349 e. The Hall–Kier alpha value is -2.02. The Kier molecular flexibility index (Phi) is 3.80. The zero-order chi connectivity index (χ0) is 22.8. The van der Waals surface area contributed by atoms with Crippen molar-refractivity contribution in [3.05, 3.63) is 23.8 Å². The first-order chi connectivity index (χ1) is 15.0. The number of hydrogen-bond acceptors (Lipinski definition) is 5. The molecule has 5 fully saturated rings. The Labute approximate surface area is 186 Å². The fraction of sp³-hybridized carbons (Fsp3) is 0.720. The predicted octanol–water partition coefficient (Wildman–Crippen LogP) is 3.40. The molecule has 2 unspecified atom stereocenters. The van der Waals surface area contributed by atoms with E-state index >= 15 is 4.39 Å². The third kappa shape index (κ3) is 2.12. The molecule has 4 saturated carbocycles. The topological polar surface area (TPSA) is 93.2 Å². The molecule has 0 amide bonds. The summed E-state index contributed by atoms with van der Waals surface area (Å²) in [6.07, 6.45) is 5.79. The van der Waals surface area contributed by atoms with Crippen LogP contribution in [-0.2, 0) is 23.9 Å². The van der Waals surface area contributed by atoms with Crippen molar-refractivity contribution in [3.63, 3.8) is 0 Å². The molecule has 0 aromatic heterocycles. The predicted molar refractivity (Wildman–Crippen MR) is 110 cm³/mol. The number of ketones is 1. The minimum Gasteiger partial charge on any atom is -0.478 e. The van der Waals surface area contributed by atoms with Crippen LogP contribution in [0.4, 0.5) is 4.39 Å². The summed E-state index contributed by atoms with van der Waals surface area (Å²) in [5.41, 5.74) is -3.40. The van der Waals surface area contributed by atoms with Crippen molar-refractivity contribution in [3.8, 4) is 0 Å². The van der Waals surface area contributed by atoms with E-state index in [0.717, 1.165) is 12.8 Å². The number of ether oxygens (including phenoxy) is 2. The van der Waals surface area contributed by atoms with Crippen LogP contribution in [0.3, 0.4) is 0 Å². The van der Waals surface area contributed by atoms with Gasteiger partial charge in [-0.3, -0.25) is 9.59 Å². The molecule has 1 heterocycles. The van der Waals surface area contributed by atoms with E-state index in [1.165, 1.54) is 12.2 Å². The molecular formula is C25H29FO6. The molecule has 172 valence electrons. The summed E-state index contributed by atoms with van der Waals surface area (Å²) in [5, 5.41) is 10.5. The molecule has 0 aromatic carbocycles. The van der Waals surface area contributed by atoms with E-state index in [-0.39, 0.29) is 36.1 Å². The van der Waals surface area contributed by atoms with Gasteiger partial charge in [-0.15, -0.1) is 0 Å². The first-order valence-electron chi connectivity index (χ1n) is 11.7. The SMILES string of the molecule is C[C@H]1CC2C3C[C@H](F)C4=CC(=O)C=C[C@]4(C)[C@@]34O[C@H]4C[C@]2(C)[C@@]1(OC(=O)C1CC1)C(=O)O. The number of carboxylic acids is 1. The van der Waals surface area contributed by atoms with Gasteiger partial charge >= 0.3 is 11.9 Å². The molecule has 1 N–H and O–H groups in total. The molecule has 6 nitrogen and oxygen atoms in total. The number of epoxide rings is 1. The summed E-state index contributed by atoms with van der Waals surface area (Å²) in [7, 11) is 0. The Morgan fingerprint density at radius 1 is 1.22 bits per heavy atom. The van der Waals surface area contributed by atoms with Crippen LogP contribution in [0.5, 0.6) is 0 Å². The van der Waals surface area contributed by atoms with Crippen LogP contribution in [0.2, 0.25) is 0 Å². The van der Waals surface area contributed by atoms with Crippen molar-refractivity contribution < 1.29 is 33.4 Å². The Balaban J connectivity index is 1.44. The molecule has 0 aromatic rings. The largest absolute Gasteiger partial charge is 0.478 e. The lowest BCUT2D eigenvalue weighted by Crippen LogP contribution is -2.64. The number of halogens is 1. The van der Waals surface area contributed by atoms with Crippen molar-refractivity contribution in [2.75, 3.05) is 0 Å². The van der Waals surface area contributed by atoms with Crippen LogP contribution < -0.4 is 0 Å². The van der Waals surface area contributed by atoms with Crippen LogP contribution in [0.25, 0.3) is 0 Å². The van der Waals surface area contributed by atoms with Gasteiger partial charge in [-0.1, -0.05) is 19.9 Å². The highest BCUT2D eigenvalue weighted by atomic mass is 19.1. The summed E-state index contributed by atoms with van der Waals surface area (Å²) in [6.45, 7) is 5.69. The van der Waals surface area contributed by atoms with E-state index in [1.807, 2.05) is 20.8 Å². The van der Waals surface area contributed by atoms with Gasteiger partial charge < -0.3 is 14.6 Å². The molecule has 6 aliphatic rings. The highest BCUT2D eigenvalue weighted by molar-refractivity contribution is 6.01. The van der Waals surface area contributed by atoms with Gasteiger partial charge in [0.2, 0.25) is 5.60 Å². The number of hydrogen-bond donors (Lipinski definition) is 1. The van der Waals surface area contributed by atoms with Crippen LogP contribution in [-0.4, -0.2) is 46.3 Å². The number of fused-ring (bicyclic) bond motifs is 3. The van der Waals surface area contributed by atoms with Gasteiger partial charge in [0, 0.05) is 16.7 Å². The lowest BCUT2D eigenvalue weighted by molar-refractivity contribution is -0.205. The van der Waals surface area contributed by atoms with Crippen molar-refractivity contribution in [1.29, 1.82) is 0 Å². The summed E-state index contributed by atoms with van der Waals surface area (Å²) in [6, 6.07) is 0. The van der Waals surface area contributed by atoms with Gasteiger partial charge in [-0.2, -0.15) is 0 Å². The van der Waals surface area contributed by atoms with Crippen molar-refractivity contribution in [1.82, 2.24) is 0 Å². The molecule has 7 heteroatoms. The number of aliphatic carboxylic acids is 1. The van der Waals surface area contributed by atoms with Crippen molar-refractivity contribution in [2.24, 2.45) is 34.5 Å². The number of rotatable bonds is 3. The highest BCUT2D eigenvalue weighted by Gasteiger charge is 2.84. The quantitative estimate of drug-likeness (QED) is 0.530. The Bertz CT molecular complexity index is 1010. The van der Waals surface area contributed by atoms with E-state index in [4.69, 9.17) is 9.47 Å². The fourth-order valence-corrected chi connectivity index (χ4v) is 8.24. The molecule has 5 aliphatic carbocycles. The number of carbonyl (C=O) groups excluding carboxylic acids is 2. The molecule has 1 aliphatic heterocycles. The van der Waals surface area contributed by atoms with E-state index in [0.29, 0.717) is 18.4 Å². The second kappa shape index (κ2) is 5.91.